The lowest BCUT2D eigenvalue weighted by molar-refractivity contribution is -0.131. The fourth-order valence-electron chi connectivity index (χ4n) is 1.78. The smallest absolute Gasteiger partial charge is 0.235 e. The first-order valence-corrected chi connectivity index (χ1v) is 7.06. The third-order valence-electron chi connectivity index (χ3n) is 2.70. The van der Waals surface area contributed by atoms with Crippen molar-refractivity contribution in [3.63, 3.8) is 0 Å². The Morgan fingerprint density at radius 3 is 2.33 bits per heavy atom. The first-order chi connectivity index (χ1) is 7.11. The number of amides is 1. The van der Waals surface area contributed by atoms with Gasteiger partial charge in [-0.25, -0.2) is 0 Å². The molecular formula is C12H23NOS. The highest BCUT2D eigenvalue weighted by molar-refractivity contribution is 8.00. The minimum absolute atomic E-state index is 0.144. The van der Waals surface area contributed by atoms with E-state index in [1.54, 1.807) is 11.8 Å². The van der Waals surface area contributed by atoms with E-state index in [2.05, 4.69) is 13.8 Å². The Balaban J connectivity index is 2.30. The number of piperidine rings is 1. The topological polar surface area (TPSA) is 20.3 Å². The number of carbonyl (C=O) groups excluding carboxylic acids is 1. The van der Waals surface area contributed by atoms with Gasteiger partial charge in [-0.1, -0.05) is 13.8 Å². The van der Waals surface area contributed by atoms with E-state index >= 15 is 0 Å². The van der Waals surface area contributed by atoms with E-state index in [0.29, 0.717) is 11.8 Å². The van der Waals surface area contributed by atoms with Crippen LogP contribution < -0.4 is 0 Å². The van der Waals surface area contributed by atoms with Crippen molar-refractivity contribution < 1.29 is 4.79 Å². The molecule has 1 heterocycles. The van der Waals surface area contributed by atoms with Crippen LogP contribution in [-0.4, -0.2) is 34.9 Å². The van der Waals surface area contributed by atoms with Gasteiger partial charge in [0.25, 0.3) is 0 Å². The van der Waals surface area contributed by atoms with Gasteiger partial charge < -0.3 is 4.90 Å². The second kappa shape index (κ2) is 6.41. The van der Waals surface area contributed by atoms with Crippen LogP contribution >= 0.6 is 11.8 Å². The standard InChI is InChI=1S/C12H23NOS/c1-10(2)9-15-11(3)12(14)13-7-5-4-6-8-13/h10-11H,4-9H2,1-3H3. The van der Waals surface area contributed by atoms with Crippen LogP contribution in [0.5, 0.6) is 0 Å². The maximum absolute atomic E-state index is 12.0. The zero-order valence-electron chi connectivity index (χ0n) is 10.2. The quantitative estimate of drug-likeness (QED) is 0.739. The lowest BCUT2D eigenvalue weighted by Gasteiger charge is -2.29. The van der Waals surface area contributed by atoms with Crippen LogP contribution in [0.4, 0.5) is 0 Å². The molecular weight excluding hydrogens is 206 g/mol. The molecule has 0 spiro atoms. The number of carbonyl (C=O) groups is 1. The zero-order chi connectivity index (χ0) is 11.3. The Hall–Kier alpha value is -0.180. The Morgan fingerprint density at radius 2 is 1.80 bits per heavy atom. The molecule has 15 heavy (non-hydrogen) atoms. The lowest BCUT2D eigenvalue weighted by Crippen LogP contribution is -2.40. The largest absolute Gasteiger partial charge is 0.342 e. The molecule has 1 aliphatic heterocycles. The number of thioether (sulfide) groups is 1. The molecule has 0 N–H and O–H groups in total. The van der Waals surface area contributed by atoms with Crippen LogP contribution in [0, 0.1) is 5.92 Å². The minimum Gasteiger partial charge on any atom is -0.342 e. The monoisotopic (exact) mass is 229 g/mol. The van der Waals surface area contributed by atoms with Gasteiger partial charge in [-0.05, 0) is 37.9 Å². The summed E-state index contributed by atoms with van der Waals surface area (Å²) in [6.07, 6.45) is 3.66. The first kappa shape index (κ1) is 12.9. The van der Waals surface area contributed by atoms with Gasteiger partial charge in [-0.2, -0.15) is 0 Å². The summed E-state index contributed by atoms with van der Waals surface area (Å²) in [4.78, 5) is 14.1. The second-order valence-electron chi connectivity index (χ2n) is 4.76. The van der Waals surface area contributed by atoms with Crippen LogP contribution in [0.2, 0.25) is 0 Å². The van der Waals surface area contributed by atoms with Crippen molar-refractivity contribution in [1.29, 1.82) is 0 Å². The molecule has 1 aliphatic rings. The number of rotatable bonds is 4. The number of hydrogen-bond acceptors (Lipinski definition) is 2. The molecule has 1 unspecified atom stereocenters. The molecule has 0 radical (unpaired) electrons. The van der Waals surface area contributed by atoms with E-state index in [1.807, 2.05) is 11.8 Å². The Kier molecular flexibility index (Phi) is 5.51. The van der Waals surface area contributed by atoms with Crippen molar-refractivity contribution >= 4 is 17.7 Å². The number of nitrogens with zero attached hydrogens (tertiary/aromatic N) is 1. The van der Waals surface area contributed by atoms with Gasteiger partial charge in [0.05, 0.1) is 5.25 Å². The summed E-state index contributed by atoms with van der Waals surface area (Å²) < 4.78 is 0. The molecule has 1 rings (SSSR count). The molecule has 0 aromatic heterocycles. The second-order valence-corrected chi connectivity index (χ2v) is 6.13. The van der Waals surface area contributed by atoms with E-state index in [4.69, 9.17) is 0 Å². The molecule has 88 valence electrons. The molecule has 1 saturated heterocycles. The van der Waals surface area contributed by atoms with E-state index in [-0.39, 0.29) is 5.25 Å². The highest BCUT2D eigenvalue weighted by atomic mass is 32.2. The van der Waals surface area contributed by atoms with Crippen molar-refractivity contribution in [3.05, 3.63) is 0 Å². The summed E-state index contributed by atoms with van der Waals surface area (Å²) in [6.45, 7) is 8.40. The minimum atomic E-state index is 0.144. The Morgan fingerprint density at radius 1 is 1.20 bits per heavy atom. The molecule has 2 nitrogen and oxygen atoms in total. The third-order valence-corrected chi connectivity index (χ3v) is 4.26. The van der Waals surface area contributed by atoms with Gasteiger partial charge in [0.1, 0.15) is 0 Å². The van der Waals surface area contributed by atoms with Crippen molar-refractivity contribution in [2.75, 3.05) is 18.8 Å². The first-order valence-electron chi connectivity index (χ1n) is 6.01. The molecule has 3 heteroatoms. The van der Waals surface area contributed by atoms with Crippen molar-refractivity contribution in [1.82, 2.24) is 4.90 Å². The van der Waals surface area contributed by atoms with Crippen molar-refractivity contribution in [3.8, 4) is 0 Å². The summed E-state index contributed by atoms with van der Waals surface area (Å²) in [5.74, 6) is 2.10. The van der Waals surface area contributed by atoms with Crippen molar-refractivity contribution in [2.45, 2.75) is 45.3 Å². The van der Waals surface area contributed by atoms with Gasteiger partial charge >= 0.3 is 0 Å². The summed E-state index contributed by atoms with van der Waals surface area (Å²) in [6, 6.07) is 0. The SMILES string of the molecule is CC(C)CSC(C)C(=O)N1CCCCC1. The van der Waals surface area contributed by atoms with Crippen LogP contribution in [-0.2, 0) is 4.79 Å². The molecule has 1 atom stereocenters. The third kappa shape index (κ3) is 4.45. The molecule has 0 aromatic carbocycles. The summed E-state index contributed by atoms with van der Waals surface area (Å²) >= 11 is 1.80. The molecule has 1 amide bonds. The summed E-state index contributed by atoms with van der Waals surface area (Å²) in [7, 11) is 0. The zero-order valence-corrected chi connectivity index (χ0v) is 11.0. The predicted molar refractivity (Wildman–Crippen MR) is 67.2 cm³/mol. The van der Waals surface area contributed by atoms with E-state index in [9.17, 15) is 4.79 Å². The van der Waals surface area contributed by atoms with Gasteiger partial charge in [0.2, 0.25) is 5.91 Å². The highest BCUT2D eigenvalue weighted by Crippen LogP contribution is 2.19. The van der Waals surface area contributed by atoms with Crippen LogP contribution in [0.3, 0.4) is 0 Å². The molecule has 0 saturated carbocycles. The van der Waals surface area contributed by atoms with E-state index in [0.717, 1.165) is 18.8 Å². The normalized spacial score (nSPS) is 19.3. The summed E-state index contributed by atoms with van der Waals surface area (Å²) in [5, 5.41) is 0.144. The van der Waals surface area contributed by atoms with Crippen molar-refractivity contribution in [2.24, 2.45) is 5.92 Å². The molecule has 0 bridgehead atoms. The maximum atomic E-state index is 12.0. The lowest BCUT2D eigenvalue weighted by atomic mass is 10.1. The highest BCUT2D eigenvalue weighted by Gasteiger charge is 2.22. The fraction of sp³-hybridized carbons (Fsp3) is 0.917. The fourth-order valence-corrected chi connectivity index (χ4v) is 2.74. The Bertz CT molecular complexity index is 200. The molecule has 0 aliphatic carbocycles. The van der Waals surface area contributed by atoms with E-state index in [1.165, 1.54) is 19.3 Å². The van der Waals surface area contributed by atoms with Gasteiger partial charge in [0.15, 0.2) is 0 Å². The van der Waals surface area contributed by atoms with Gasteiger partial charge in [0, 0.05) is 13.1 Å². The average molecular weight is 229 g/mol. The molecule has 1 fully saturated rings. The number of likely N-dealkylation sites (tertiary alicyclic amines) is 1. The van der Waals surface area contributed by atoms with Crippen LogP contribution in [0.1, 0.15) is 40.0 Å². The van der Waals surface area contributed by atoms with Gasteiger partial charge in [-0.3, -0.25) is 4.79 Å². The number of hydrogen-bond donors (Lipinski definition) is 0. The average Bonchev–Trinajstić information content (AvgIpc) is 2.26. The Labute approximate surface area is 97.8 Å². The maximum Gasteiger partial charge on any atom is 0.235 e. The molecule has 0 aromatic rings. The van der Waals surface area contributed by atoms with Crippen LogP contribution in [0.15, 0.2) is 0 Å². The predicted octanol–water partition coefficient (Wildman–Crippen LogP) is 2.78. The van der Waals surface area contributed by atoms with Crippen LogP contribution in [0.25, 0.3) is 0 Å². The van der Waals surface area contributed by atoms with Gasteiger partial charge in [-0.15, -0.1) is 11.8 Å². The summed E-state index contributed by atoms with van der Waals surface area (Å²) in [5.41, 5.74) is 0. The van der Waals surface area contributed by atoms with E-state index < -0.39 is 0 Å².